The van der Waals surface area contributed by atoms with E-state index in [1.165, 1.54) is 6.07 Å². The molecule has 1 amide bonds. The van der Waals surface area contributed by atoms with E-state index in [1.807, 2.05) is 12.1 Å². The first-order chi connectivity index (χ1) is 6.30. The molecule has 68 valence electrons. The molecular formula is C8H9N3O2. The van der Waals surface area contributed by atoms with E-state index in [1.54, 1.807) is 18.7 Å². The molecule has 13 heavy (non-hydrogen) atoms. The number of primary amides is 1. The molecule has 0 saturated heterocycles. The highest BCUT2D eigenvalue weighted by Crippen LogP contribution is 1.86. The second kappa shape index (κ2) is 4.76. The molecule has 0 radical (unpaired) electrons. The topological polar surface area (TPSA) is 84.9 Å². The van der Waals surface area contributed by atoms with E-state index in [2.05, 4.69) is 14.6 Å². The number of amides is 1. The fourth-order valence-electron chi connectivity index (χ4n) is 0.624. The third-order valence-corrected chi connectivity index (χ3v) is 1.18. The monoisotopic (exact) mass is 179 g/mol. The molecule has 0 bridgehead atoms. The zero-order chi connectivity index (χ0) is 9.52. The van der Waals surface area contributed by atoms with Gasteiger partial charge in [-0.3, -0.25) is 9.89 Å². The van der Waals surface area contributed by atoms with Crippen molar-refractivity contribution in [2.24, 2.45) is 5.73 Å². The summed E-state index contributed by atoms with van der Waals surface area (Å²) in [6.07, 6.45) is 4.79. The molecule has 0 saturated carbocycles. The van der Waals surface area contributed by atoms with Crippen molar-refractivity contribution in [2.45, 2.75) is 0 Å². The number of H-pyrrole nitrogens is 1. The van der Waals surface area contributed by atoms with E-state index in [4.69, 9.17) is 5.73 Å². The summed E-state index contributed by atoms with van der Waals surface area (Å²) in [6.45, 7) is 0. The Morgan fingerprint density at radius 3 is 2.38 bits per heavy atom. The van der Waals surface area contributed by atoms with Crippen LogP contribution in [0.3, 0.4) is 0 Å². The van der Waals surface area contributed by atoms with Crippen LogP contribution in [0.5, 0.6) is 0 Å². The molecule has 2 rings (SSSR count). The smallest absolute Gasteiger partial charge is 0.269 e. The number of aromatic nitrogens is 2. The van der Waals surface area contributed by atoms with Gasteiger partial charge in [-0.05, 0) is 18.2 Å². The maximum Gasteiger partial charge on any atom is 0.269 e. The maximum atomic E-state index is 10.2. The number of carbonyl (C=O) groups excluding carboxylic acids is 1. The van der Waals surface area contributed by atoms with Crippen molar-refractivity contribution in [3.63, 3.8) is 0 Å². The van der Waals surface area contributed by atoms with E-state index in [-0.39, 0.29) is 5.69 Å². The zero-order valence-electron chi connectivity index (χ0n) is 6.81. The van der Waals surface area contributed by atoms with E-state index in [9.17, 15) is 4.79 Å². The highest BCUT2D eigenvalue weighted by atomic mass is 16.3. The summed E-state index contributed by atoms with van der Waals surface area (Å²) < 4.78 is 4.58. The van der Waals surface area contributed by atoms with Crippen LogP contribution in [0.15, 0.2) is 41.3 Å². The number of hydrogen-bond donors (Lipinski definition) is 2. The fraction of sp³-hybridized carbons (Fsp3) is 0. The van der Waals surface area contributed by atoms with Crippen molar-refractivity contribution in [3.05, 3.63) is 42.6 Å². The Balaban J connectivity index is 0.000000145. The lowest BCUT2D eigenvalue weighted by Gasteiger charge is -1.78. The lowest BCUT2D eigenvalue weighted by atomic mass is 10.4. The number of nitrogens with zero attached hydrogens (tertiary/aromatic N) is 1. The van der Waals surface area contributed by atoms with Crippen LogP contribution in [-0.4, -0.2) is 16.1 Å². The van der Waals surface area contributed by atoms with Crippen molar-refractivity contribution in [1.29, 1.82) is 0 Å². The quantitative estimate of drug-likeness (QED) is 0.678. The molecule has 0 aromatic carbocycles. The Kier molecular flexibility index (Phi) is 3.31. The Hall–Kier alpha value is -2.04. The van der Waals surface area contributed by atoms with Crippen molar-refractivity contribution in [3.8, 4) is 0 Å². The molecule has 0 aliphatic heterocycles. The van der Waals surface area contributed by atoms with Crippen LogP contribution in [0.25, 0.3) is 0 Å². The molecule has 0 aliphatic rings. The minimum atomic E-state index is -0.508. The third-order valence-electron chi connectivity index (χ3n) is 1.18. The van der Waals surface area contributed by atoms with E-state index in [0.29, 0.717) is 0 Å². The number of aromatic amines is 1. The van der Waals surface area contributed by atoms with Crippen LogP contribution in [0.4, 0.5) is 0 Å². The van der Waals surface area contributed by atoms with Gasteiger partial charge >= 0.3 is 0 Å². The first-order valence-corrected chi connectivity index (χ1v) is 3.57. The lowest BCUT2D eigenvalue weighted by molar-refractivity contribution is 0.0995. The zero-order valence-corrected chi connectivity index (χ0v) is 6.81. The van der Waals surface area contributed by atoms with E-state index >= 15 is 0 Å². The van der Waals surface area contributed by atoms with Gasteiger partial charge in [0.1, 0.15) is 5.69 Å². The summed E-state index contributed by atoms with van der Waals surface area (Å²) in [5.41, 5.74) is 5.11. The van der Waals surface area contributed by atoms with Gasteiger partial charge in [-0.1, -0.05) is 0 Å². The molecule has 0 aliphatic carbocycles. The van der Waals surface area contributed by atoms with Crippen molar-refractivity contribution in [1.82, 2.24) is 10.2 Å². The first kappa shape index (κ1) is 9.05. The van der Waals surface area contributed by atoms with Crippen molar-refractivity contribution >= 4 is 5.91 Å². The summed E-state index contributed by atoms with van der Waals surface area (Å²) in [6, 6.07) is 5.18. The lowest BCUT2D eigenvalue weighted by Crippen LogP contribution is -2.10. The van der Waals surface area contributed by atoms with Crippen LogP contribution in [0, 0.1) is 0 Å². The normalized spacial score (nSPS) is 8.62. The second-order valence-electron chi connectivity index (χ2n) is 2.12. The summed E-state index contributed by atoms with van der Waals surface area (Å²) in [7, 11) is 0. The molecule has 3 N–H and O–H groups in total. The summed E-state index contributed by atoms with van der Waals surface area (Å²) in [5.74, 6) is -0.508. The Labute approximate surface area is 74.6 Å². The van der Waals surface area contributed by atoms with E-state index < -0.39 is 5.91 Å². The van der Waals surface area contributed by atoms with Crippen molar-refractivity contribution < 1.29 is 9.21 Å². The number of rotatable bonds is 1. The predicted molar refractivity (Wildman–Crippen MR) is 45.8 cm³/mol. The highest BCUT2D eigenvalue weighted by Gasteiger charge is 1.97. The van der Waals surface area contributed by atoms with Gasteiger partial charge in [0.25, 0.3) is 5.91 Å². The molecule has 2 aromatic rings. The van der Waals surface area contributed by atoms with Crippen LogP contribution in [-0.2, 0) is 0 Å². The average Bonchev–Trinajstić information content (AvgIpc) is 2.82. The van der Waals surface area contributed by atoms with E-state index in [0.717, 1.165) is 0 Å². The predicted octanol–water partition coefficient (Wildman–Crippen LogP) is 0.788. The van der Waals surface area contributed by atoms with Gasteiger partial charge in [0, 0.05) is 6.20 Å². The standard InChI is InChI=1S/C4H5N3O.C4H4O/c5-4(8)3-1-2-6-7-3;1-2-4-5-3-1/h1-2H,(H2,5,8)(H,6,7);1-4H. The molecule has 2 aromatic heterocycles. The molecule has 5 heteroatoms. The average molecular weight is 179 g/mol. The van der Waals surface area contributed by atoms with Gasteiger partial charge in [-0.25, -0.2) is 0 Å². The van der Waals surface area contributed by atoms with Crippen LogP contribution >= 0.6 is 0 Å². The van der Waals surface area contributed by atoms with Gasteiger partial charge in [0.15, 0.2) is 0 Å². The van der Waals surface area contributed by atoms with Gasteiger partial charge < -0.3 is 10.2 Å². The van der Waals surface area contributed by atoms with Gasteiger partial charge in [0.2, 0.25) is 0 Å². The molecule has 0 fully saturated rings. The van der Waals surface area contributed by atoms with Crippen LogP contribution in [0.2, 0.25) is 0 Å². The maximum absolute atomic E-state index is 10.2. The number of hydrogen-bond acceptors (Lipinski definition) is 3. The van der Waals surface area contributed by atoms with Crippen LogP contribution in [0.1, 0.15) is 10.5 Å². The minimum absolute atomic E-state index is 0.269. The number of nitrogens with two attached hydrogens (primary N) is 1. The molecule has 0 unspecified atom stereocenters. The van der Waals surface area contributed by atoms with Crippen LogP contribution < -0.4 is 5.73 Å². The summed E-state index contributed by atoms with van der Waals surface area (Å²) >= 11 is 0. The number of carbonyl (C=O) groups is 1. The first-order valence-electron chi connectivity index (χ1n) is 3.57. The fourth-order valence-corrected chi connectivity index (χ4v) is 0.624. The SMILES string of the molecule is NC(=O)c1cc[nH]n1.c1ccoc1. The highest BCUT2D eigenvalue weighted by molar-refractivity contribution is 5.90. The van der Waals surface area contributed by atoms with Gasteiger partial charge in [-0.2, -0.15) is 5.10 Å². The molecular weight excluding hydrogens is 170 g/mol. The number of nitrogens with one attached hydrogen (secondary N) is 1. The molecule has 0 spiro atoms. The van der Waals surface area contributed by atoms with Crippen molar-refractivity contribution in [2.75, 3.05) is 0 Å². The molecule has 0 atom stereocenters. The Morgan fingerprint density at radius 2 is 2.15 bits per heavy atom. The number of furan rings is 1. The summed E-state index contributed by atoms with van der Waals surface area (Å²) in [5, 5.41) is 5.98. The third kappa shape index (κ3) is 3.24. The Bertz CT molecular complexity index is 309. The minimum Gasteiger partial charge on any atom is -0.473 e. The molecule has 2 heterocycles. The van der Waals surface area contributed by atoms with Gasteiger partial charge in [0.05, 0.1) is 12.5 Å². The largest absolute Gasteiger partial charge is 0.473 e. The Morgan fingerprint density at radius 1 is 1.46 bits per heavy atom. The van der Waals surface area contributed by atoms with Gasteiger partial charge in [-0.15, -0.1) is 0 Å². The molecule has 5 nitrogen and oxygen atoms in total. The second-order valence-corrected chi connectivity index (χ2v) is 2.12. The summed E-state index contributed by atoms with van der Waals surface area (Å²) in [4.78, 5) is 10.2.